The van der Waals surface area contributed by atoms with Gasteiger partial charge in [-0.2, -0.15) is 0 Å². The third-order valence-electron chi connectivity index (χ3n) is 4.88. The van der Waals surface area contributed by atoms with Crippen LogP contribution in [0.25, 0.3) is 0 Å². The average Bonchev–Trinajstić information content (AvgIpc) is 3.13. The van der Waals surface area contributed by atoms with Gasteiger partial charge in [0.25, 0.3) is 0 Å². The van der Waals surface area contributed by atoms with Crippen molar-refractivity contribution in [2.75, 3.05) is 6.61 Å². The van der Waals surface area contributed by atoms with Crippen LogP contribution in [0.1, 0.15) is 54.6 Å². The van der Waals surface area contributed by atoms with Gasteiger partial charge in [-0.1, -0.05) is 23.7 Å². The van der Waals surface area contributed by atoms with Crippen LogP contribution in [0.5, 0.6) is 0 Å². The molecule has 3 atom stereocenters. The van der Waals surface area contributed by atoms with Gasteiger partial charge in [-0.05, 0) is 37.8 Å². The molecular formula is C17H21ClN2O2S. The highest BCUT2D eigenvalue weighted by Gasteiger charge is 2.46. The molecule has 1 saturated heterocycles. The van der Waals surface area contributed by atoms with E-state index >= 15 is 0 Å². The van der Waals surface area contributed by atoms with Gasteiger partial charge < -0.3 is 14.6 Å². The summed E-state index contributed by atoms with van der Waals surface area (Å²) in [6, 6.07) is 4.64. The molecule has 0 amide bonds. The minimum atomic E-state index is -0.250. The number of thiophene rings is 1. The van der Waals surface area contributed by atoms with Crippen LogP contribution < -0.4 is 5.32 Å². The zero-order valence-corrected chi connectivity index (χ0v) is 15.0. The van der Waals surface area contributed by atoms with Crippen molar-refractivity contribution in [1.29, 1.82) is 0 Å². The molecule has 2 aliphatic rings. The molecule has 2 aromatic rings. The molecule has 6 heteroatoms. The lowest BCUT2D eigenvalue weighted by Gasteiger charge is -2.45. The van der Waals surface area contributed by atoms with E-state index in [0.717, 1.165) is 48.1 Å². The maximum Gasteiger partial charge on any atom is 0.154 e. The molecule has 3 unspecified atom stereocenters. The standard InChI is InChI=1S/C17H21ClN2O2S/c1-3-12-7-14(22-20-12)13-9-17(8-10(2)19-13)16-11(4-5-21-17)6-15(18)23-16/h6-7,10,13,19H,3-5,8-9H2,1-2H3. The molecule has 0 aromatic carbocycles. The van der Waals surface area contributed by atoms with E-state index in [-0.39, 0.29) is 11.6 Å². The molecule has 4 nitrogen and oxygen atoms in total. The minimum absolute atomic E-state index is 0.123. The lowest BCUT2D eigenvalue weighted by molar-refractivity contribution is -0.0973. The molecule has 0 saturated carbocycles. The van der Waals surface area contributed by atoms with Gasteiger partial charge in [0.15, 0.2) is 5.76 Å². The zero-order chi connectivity index (χ0) is 16.0. The number of ether oxygens (including phenoxy) is 1. The second-order valence-corrected chi connectivity index (χ2v) is 8.28. The summed E-state index contributed by atoms with van der Waals surface area (Å²) >= 11 is 7.95. The quantitative estimate of drug-likeness (QED) is 0.878. The van der Waals surface area contributed by atoms with Gasteiger partial charge in [0.1, 0.15) is 5.60 Å². The molecule has 2 aromatic heterocycles. The third-order valence-corrected chi connectivity index (χ3v) is 6.37. The largest absolute Gasteiger partial charge is 0.369 e. The Hall–Kier alpha value is -0.880. The molecular weight excluding hydrogens is 332 g/mol. The fourth-order valence-electron chi connectivity index (χ4n) is 3.90. The lowest BCUT2D eigenvalue weighted by Crippen LogP contribution is -2.49. The Balaban J connectivity index is 1.69. The Morgan fingerprint density at radius 2 is 2.30 bits per heavy atom. The van der Waals surface area contributed by atoms with Gasteiger partial charge >= 0.3 is 0 Å². The fraction of sp³-hybridized carbons (Fsp3) is 0.588. The number of hydrogen-bond acceptors (Lipinski definition) is 5. The van der Waals surface area contributed by atoms with Crippen LogP contribution in [0.15, 0.2) is 16.7 Å². The number of hydrogen-bond donors (Lipinski definition) is 1. The maximum absolute atomic E-state index is 6.35. The van der Waals surface area contributed by atoms with Gasteiger partial charge in [-0.15, -0.1) is 11.3 Å². The fourth-order valence-corrected chi connectivity index (χ4v) is 5.37. The molecule has 4 rings (SSSR count). The number of halogens is 1. The van der Waals surface area contributed by atoms with Crippen molar-refractivity contribution in [2.24, 2.45) is 0 Å². The molecule has 124 valence electrons. The van der Waals surface area contributed by atoms with Crippen molar-refractivity contribution in [3.05, 3.63) is 38.4 Å². The summed E-state index contributed by atoms with van der Waals surface area (Å²) in [5, 5.41) is 7.78. The first-order chi connectivity index (χ1) is 11.1. The van der Waals surface area contributed by atoms with Crippen LogP contribution in [0.4, 0.5) is 0 Å². The first-order valence-electron chi connectivity index (χ1n) is 8.24. The van der Waals surface area contributed by atoms with Crippen LogP contribution in [-0.4, -0.2) is 17.8 Å². The summed E-state index contributed by atoms with van der Waals surface area (Å²) < 4.78 is 12.8. The summed E-state index contributed by atoms with van der Waals surface area (Å²) in [4.78, 5) is 1.31. The smallest absolute Gasteiger partial charge is 0.154 e. The van der Waals surface area contributed by atoms with E-state index < -0.39 is 0 Å². The molecule has 0 aliphatic carbocycles. The Bertz CT molecular complexity index is 713. The minimum Gasteiger partial charge on any atom is -0.369 e. The summed E-state index contributed by atoms with van der Waals surface area (Å²) in [7, 11) is 0. The summed E-state index contributed by atoms with van der Waals surface area (Å²) in [5.74, 6) is 0.908. The van der Waals surface area contributed by atoms with E-state index in [2.05, 4.69) is 36.5 Å². The Kier molecular flexibility index (Phi) is 4.00. The van der Waals surface area contributed by atoms with E-state index in [0.29, 0.717) is 6.04 Å². The van der Waals surface area contributed by atoms with Crippen molar-refractivity contribution in [1.82, 2.24) is 10.5 Å². The second kappa shape index (κ2) is 5.88. The predicted octanol–water partition coefficient (Wildman–Crippen LogP) is 4.23. The first-order valence-corrected chi connectivity index (χ1v) is 9.43. The normalized spacial score (nSPS) is 30.6. The Morgan fingerprint density at radius 3 is 3.09 bits per heavy atom. The summed E-state index contributed by atoms with van der Waals surface area (Å²) in [6.45, 7) is 5.05. The van der Waals surface area contributed by atoms with Crippen LogP contribution >= 0.6 is 22.9 Å². The lowest BCUT2D eigenvalue weighted by atomic mass is 9.79. The van der Waals surface area contributed by atoms with Gasteiger partial charge in [-0.25, -0.2) is 0 Å². The molecule has 4 heterocycles. The SMILES string of the molecule is CCc1cc(C2CC3(CC(C)N2)OCCc2cc(Cl)sc23)on1. The number of nitrogens with one attached hydrogen (secondary N) is 1. The first kappa shape index (κ1) is 15.6. The van der Waals surface area contributed by atoms with Gasteiger partial charge in [0.2, 0.25) is 0 Å². The van der Waals surface area contributed by atoms with E-state index in [1.807, 2.05) is 0 Å². The number of aromatic nitrogens is 1. The number of aryl methyl sites for hydroxylation is 1. The van der Waals surface area contributed by atoms with Gasteiger partial charge in [0.05, 0.1) is 22.7 Å². The van der Waals surface area contributed by atoms with Crippen LogP contribution in [0.2, 0.25) is 4.34 Å². The van der Waals surface area contributed by atoms with Crippen LogP contribution in [0, 0.1) is 0 Å². The molecule has 23 heavy (non-hydrogen) atoms. The Morgan fingerprint density at radius 1 is 1.43 bits per heavy atom. The van der Waals surface area contributed by atoms with E-state index in [4.69, 9.17) is 20.9 Å². The molecule has 1 spiro atoms. The maximum atomic E-state index is 6.35. The zero-order valence-electron chi connectivity index (χ0n) is 13.4. The van der Waals surface area contributed by atoms with Crippen molar-refractivity contribution >= 4 is 22.9 Å². The monoisotopic (exact) mass is 352 g/mol. The molecule has 1 N–H and O–H groups in total. The average molecular weight is 353 g/mol. The predicted molar refractivity (Wildman–Crippen MR) is 91.1 cm³/mol. The highest BCUT2D eigenvalue weighted by atomic mass is 35.5. The second-order valence-electron chi connectivity index (χ2n) is 6.60. The molecule has 0 bridgehead atoms. The third kappa shape index (κ3) is 2.74. The topological polar surface area (TPSA) is 47.3 Å². The van der Waals surface area contributed by atoms with E-state index in [1.165, 1.54) is 10.4 Å². The van der Waals surface area contributed by atoms with E-state index in [1.54, 1.807) is 11.3 Å². The molecule has 2 aliphatic heterocycles. The van der Waals surface area contributed by atoms with Gasteiger partial charge in [-0.3, -0.25) is 0 Å². The number of rotatable bonds is 2. The van der Waals surface area contributed by atoms with Crippen LogP contribution in [-0.2, 0) is 23.2 Å². The molecule has 1 fully saturated rings. The van der Waals surface area contributed by atoms with Crippen molar-refractivity contribution in [3.8, 4) is 0 Å². The highest BCUT2D eigenvalue weighted by molar-refractivity contribution is 7.16. The van der Waals surface area contributed by atoms with Crippen molar-refractivity contribution < 1.29 is 9.26 Å². The number of nitrogens with zero attached hydrogens (tertiary/aromatic N) is 1. The highest BCUT2D eigenvalue weighted by Crippen LogP contribution is 2.50. The summed E-state index contributed by atoms with van der Waals surface area (Å²) in [5.41, 5.74) is 2.10. The van der Waals surface area contributed by atoms with E-state index in [9.17, 15) is 0 Å². The molecule has 0 radical (unpaired) electrons. The van der Waals surface area contributed by atoms with Crippen LogP contribution in [0.3, 0.4) is 0 Å². The van der Waals surface area contributed by atoms with Crippen molar-refractivity contribution in [2.45, 2.75) is 57.2 Å². The number of fused-ring (bicyclic) bond motifs is 2. The van der Waals surface area contributed by atoms with Crippen molar-refractivity contribution in [3.63, 3.8) is 0 Å². The Labute approximate surface area is 145 Å². The van der Waals surface area contributed by atoms with Gasteiger partial charge in [0, 0.05) is 23.4 Å². The summed E-state index contributed by atoms with van der Waals surface area (Å²) in [6.07, 6.45) is 3.66. The number of piperidine rings is 1.